The van der Waals surface area contributed by atoms with Crippen LogP contribution in [0.4, 0.5) is 0 Å². The molecule has 1 saturated heterocycles. The van der Waals surface area contributed by atoms with Crippen LogP contribution < -0.4 is 0 Å². The Morgan fingerprint density at radius 1 is 0.938 bits per heavy atom. The van der Waals surface area contributed by atoms with Crippen molar-refractivity contribution in [1.82, 2.24) is 4.90 Å². The minimum absolute atomic E-state index is 0.349. The molecule has 0 N–H and O–H groups in total. The Morgan fingerprint density at radius 2 is 1.59 bits per heavy atom. The van der Waals surface area contributed by atoms with Crippen LogP contribution in [0.2, 0.25) is 0 Å². The molecule has 0 saturated carbocycles. The number of ether oxygens (including phenoxy) is 1. The lowest BCUT2D eigenvalue weighted by Crippen LogP contribution is -2.57. The molecule has 0 unspecified atom stereocenters. The maximum absolute atomic E-state index is 6.39. The van der Waals surface area contributed by atoms with Gasteiger partial charge in [-0.05, 0) is 62.1 Å². The van der Waals surface area contributed by atoms with Crippen molar-refractivity contribution < 1.29 is 14.4 Å². The fraction of sp³-hybridized carbons (Fsp3) is 0.440. The summed E-state index contributed by atoms with van der Waals surface area (Å²) in [6, 6.07) is 10.5. The minimum atomic E-state index is -0.796. The van der Waals surface area contributed by atoms with E-state index in [0.717, 1.165) is 51.2 Å². The molecule has 0 aliphatic carbocycles. The van der Waals surface area contributed by atoms with Gasteiger partial charge in [0.15, 0.2) is 0 Å². The number of halogens is 1. The minimum Gasteiger partial charge on any atom is -0.379 e. The third-order valence-corrected chi connectivity index (χ3v) is 7.13. The van der Waals surface area contributed by atoms with E-state index < -0.39 is 5.60 Å². The lowest BCUT2D eigenvalue weighted by Gasteiger charge is -2.37. The molecule has 0 bridgehead atoms. The highest BCUT2D eigenvalue weighted by molar-refractivity contribution is 9.10. The van der Waals surface area contributed by atoms with Crippen molar-refractivity contribution in [2.45, 2.75) is 45.9 Å². The Balaban J connectivity index is 1.58. The molecule has 168 valence electrons. The number of rotatable bonds is 3. The number of morpholine rings is 1. The van der Waals surface area contributed by atoms with Crippen molar-refractivity contribution in [3.8, 4) is 0 Å². The Bertz CT molecular complexity index is 1080. The first-order valence-electron chi connectivity index (χ1n) is 11.1. The molecule has 1 spiro atoms. The molecule has 2 atom stereocenters. The topological polar surface area (TPSA) is 55.7 Å². The van der Waals surface area contributed by atoms with Crippen molar-refractivity contribution in [1.29, 1.82) is 0 Å². The van der Waals surface area contributed by atoms with Crippen LogP contribution in [0.5, 0.6) is 0 Å². The predicted octanol–water partition coefficient (Wildman–Crippen LogP) is 4.64. The fourth-order valence-corrected chi connectivity index (χ4v) is 5.90. The second kappa shape index (κ2) is 8.28. The normalized spacial score (nSPS) is 25.5. The molecule has 3 aliphatic rings. The van der Waals surface area contributed by atoms with E-state index in [9.17, 15) is 0 Å². The fourth-order valence-electron chi connectivity index (χ4n) is 5.21. The molecule has 1 fully saturated rings. The Hall–Kier alpha value is -2.22. The summed E-state index contributed by atoms with van der Waals surface area (Å²) in [7, 11) is 0. The van der Waals surface area contributed by atoms with Crippen LogP contribution in [-0.2, 0) is 14.4 Å². The second-order valence-electron chi connectivity index (χ2n) is 8.92. The Labute approximate surface area is 197 Å². The Kier molecular flexibility index (Phi) is 5.60. The van der Waals surface area contributed by atoms with E-state index in [0.29, 0.717) is 19.6 Å². The number of oxime groups is 2. The largest absolute Gasteiger partial charge is 0.379 e. The van der Waals surface area contributed by atoms with E-state index in [-0.39, 0.29) is 6.23 Å². The number of aryl methyl sites for hydroxylation is 4. The molecule has 3 aliphatic heterocycles. The maximum Gasteiger partial charge on any atom is 0.241 e. The second-order valence-corrected chi connectivity index (χ2v) is 9.84. The molecule has 7 heteroatoms. The van der Waals surface area contributed by atoms with Gasteiger partial charge in [-0.25, -0.2) is 0 Å². The molecule has 2 aromatic carbocycles. The summed E-state index contributed by atoms with van der Waals surface area (Å²) in [4.78, 5) is 14.8. The zero-order chi connectivity index (χ0) is 22.5. The highest BCUT2D eigenvalue weighted by atomic mass is 79.9. The van der Waals surface area contributed by atoms with Crippen molar-refractivity contribution >= 4 is 27.4 Å². The van der Waals surface area contributed by atoms with E-state index >= 15 is 0 Å². The Morgan fingerprint density at radius 3 is 2.25 bits per heavy atom. The number of benzene rings is 2. The molecule has 5 rings (SSSR count). The maximum atomic E-state index is 6.39. The van der Waals surface area contributed by atoms with Gasteiger partial charge >= 0.3 is 0 Å². The monoisotopic (exact) mass is 497 g/mol. The average Bonchev–Trinajstić information content (AvgIpc) is 3.33. The van der Waals surface area contributed by atoms with Gasteiger partial charge in [-0.2, -0.15) is 0 Å². The van der Waals surface area contributed by atoms with E-state index in [2.05, 4.69) is 89.2 Å². The summed E-state index contributed by atoms with van der Waals surface area (Å²) < 4.78 is 6.65. The standard InChI is InChI=1S/C25H28BrN3O3/c1-15-6-5-7-16(2)22(15)23-25(24(31-28-23)29-8-10-30-11-9-29)14-20(27-32-25)21-17(3)12-19(26)13-18(21)4/h5-7,12-13,24H,8-11,14H2,1-4H3/t24-,25-/m0/s1. The molecule has 0 amide bonds. The molecule has 0 radical (unpaired) electrons. The van der Waals surface area contributed by atoms with Crippen LogP contribution >= 0.6 is 15.9 Å². The molecule has 32 heavy (non-hydrogen) atoms. The highest BCUT2D eigenvalue weighted by Crippen LogP contribution is 2.43. The van der Waals surface area contributed by atoms with Crippen LogP contribution in [0.3, 0.4) is 0 Å². The SMILES string of the molecule is Cc1cc(Br)cc(C)c1C1=NO[C@@]2(C1)C(c1c(C)cccc1C)=NO[C@@H]2N1CCOCC1. The molecule has 0 aromatic heterocycles. The van der Waals surface area contributed by atoms with E-state index in [4.69, 9.17) is 14.4 Å². The molecular weight excluding hydrogens is 470 g/mol. The molecular formula is C25H28BrN3O3. The van der Waals surface area contributed by atoms with Gasteiger partial charge in [0, 0.05) is 35.1 Å². The summed E-state index contributed by atoms with van der Waals surface area (Å²) in [5.41, 5.74) is 7.85. The van der Waals surface area contributed by atoms with Gasteiger partial charge in [0.2, 0.25) is 11.8 Å². The van der Waals surface area contributed by atoms with Crippen molar-refractivity contribution in [3.63, 3.8) is 0 Å². The van der Waals surface area contributed by atoms with Gasteiger partial charge < -0.3 is 14.4 Å². The average molecular weight is 498 g/mol. The molecule has 2 aromatic rings. The number of nitrogens with zero attached hydrogens (tertiary/aromatic N) is 3. The third-order valence-electron chi connectivity index (χ3n) is 6.67. The number of hydrogen-bond donors (Lipinski definition) is 0. The van der Waals surface area contributed by atoms with Gasteiger partial charge in [0.05, 0.1) is 18.9 Å². The quantitative estimate of drug-likeness (QED) is 0.619. The summed E-state index contributed by atoms with van der Waals surface area (Å²) >= 11 is 3.60. The van der Waals surface area contributed by atoms with Gasteiger partial charge in [-0.1, -0.05) is 44.4 Å². The first kappa shape index (κ1) is 21.6. The first-order valence-corrected chi connectivity index (χ1v) is 11.8. The van der Waals surface area contributed by atoms with Gasteiger partial charge in [-0.15, -0.1) is 0 Å². The summed E-state index contributed by atoms with van der Waals surface area (Å²) in [5, 5.41) is 9.29. The molecule has 3 heterocycles. The summed E-state index contributed by atoms with van der Waals surface area (Å²) in [6.45, 7) is 11.4. The van der Waals surface area contributed by atoms with Crippen molar-refractivity contribution in [2.75, 3.05) is 26.3 Å². The highest BCUT2D eigenvalue weighted by Gasteiger charge is 2.60. The third kappa shape index (κ3) is 3.47. The van der Waals surface area contributed by atoms with Crippen LogP contribution in [0.1, 0.15) is 39.8 Å². The lowest BCUT2D eigenvalue weighted by molar-refractivity contribution is -0.159. The van der Waals surface area contributed by atoms with Crippen LogP contribution in [-0.4, -0.2) is 54.5 Å². The predicted molar refractivity (Wildman–Crippen MR) is 128 cm³/mol. The van der Waals surface area contributed by atoms with E-state index in [1.165, 1.54) is 11.1 Å². The van der Waals surface area contributed by atoms with Crippen molar-refractivity contribution in [2.24, 2.45) is 10.3 Å². The van der Waals surface area contributed by atoms with Crippen LogP contribution in [0, 0.1) is 27.7 Å². The lowest BCUT2D eigenvalue weighted by atomic mass is 9.81. The van der Waals surface area contributed by atoms with Crippen LogP contribution in [0.25, 0.3) is 0 Å². The van der Waals surface area contributed by atoms with Gasteiger partial charge in [0.25, 0.3) is 0 Å². The summed E-state index contributed by atoms with van der Waals surface area (Å²) in [6.07, 6.45) is 0.253. The van der Waals surface area contributed by atoms with E-state index in [1.54, 1.807) is 0 Å². The first-order chi connectivity index (χ1) is 15.4. The van der Waals surface area contributed by atoms with E-state index in [1.807, 2.05) is 0 Å². The van der Waals surface area contributed by atoms with Gasteiger partial charge in [0.1, 0.15) is 5.71 Å². The smallest absolute Gasteiger partial charge is 0.241 e. The zero-order valence-corrected chi connectivity index (χ0v) is 20.5. The molecule has 6 nitrogen and oxygen atoms in total. The summed E-state index contributed by atoms with van der Waals surface area (Å²) in [5.74, 6) is 0. The van der Waals surface area contributed by atoms with Gasteiger partial charge in [-0.3, -0.25) is 4.90 Å². The van der Waals surface area contributed by atoms with Crippen molar-refractivity contribution in [3.05, 3.63) is 68.2 Å². The van der Waals surface area contributed by atoms with Crippen LogP contribution in [0.15, 0.2) is 45.1 Å². The number of hydrogen-bond acceptors (Lipinski definition) is 6. The zero-order valence-electron chi connectivity index (χ0n) is 18.9.